The van der Waals surface area contributed by atoms with Gasteiger partial charge < -0.3 is 24.2 Å². The zero-order chi connectivity index (χ0) is 29.2. The molecule has 0 radical (unpaired) electrons. The van der Waals surface area contributed by atoms with Crippen LogP contribution in [0.3, 0.4) is 0 Å². The number of phenols is 1. The van der Waals surface area contributed by atoms with Crippen molar-refractivity contribution in [2.75, 3.05) is 18.6 Å². The van der Waals surface area contributed by atoms with E-state index in [1.807, 2.05) is 31.2 Å². The van der Waals surface area contributed by atoms with Crippen molar-refractivity contribution in [3.8, 4) is 28.7 Å². The zero-order valence-corrected chi connectivity index (χ0v) is 23.8. The van der Waals surface area contributed by atoms with Crippen LogP contribution in [0.15, 0.2) is 91.0 Å². The highest BCUT2D eigenvalue weighted by molar-refractivity contribution is 6.30. The first kappa shape index (κ1) is 29.5. The Hall–Kier alpha value is -4.49. The van der Waals surface area contributed by atoms with E-state index in [4.69, 9.17) is 25.8 Å². The molecule has 0 bridgehead atoms. The molecule has 0 atom stereocenters. The van der Waals surface area contributed by atoms with Gasteiger partial charge in [0.2, 0.25) is 5.91 Å². The van der Waals surface area contributed by atoms with Crippen LogP contribution in [0.4, 0.5) is 5.69 Å². The molecule has 7 nitrogen and oxygen atoms in total. The molecule has 0 spiro atoms. The third-order valence-electron chi connectivity index (χ3n) is 6.37. The van der Waals surface area contributed by atoms with Crippen molar-refractivity contribution in [3.63, 3.8) is 0 Å². The van der Waals surface area contributed by atoms with Crippen LogP contribution >= 0.6 is 11.6 Å². The molecule has 0 saturated heterocycles. The van der Waals surface area contributed by atoms with Gasteiger partial charge in [-0.25, -0.2) is 0 Å². The number of carbonyl (C=O) groups excluding carboxylic acids is 2. The Balaban J connectivity index is 1.49. The maximum absolute atomic E-state index is 13.1. The van der Waals surface area contributed by atoms with E-state index in [1.165, 1.54) is 17.0 Å². The molecule has 0 aliphatic rings. The van der Waals surface area contributed by atoms with E-state index >= 15 is 0 Å². The lowest BCUT2D eigenvalue weighted by molar-refractivity contribution is -0.118. The second kappa shape index (κ2) is 14.2. The average Bonchev–Trinajstić information content (AvgIpc) is 2.99. The number of benzene rings is 4. The first-order chi connectivity index (χ1) is 19.9. The summed E-state index contributed by atoms with van der Waals surface area (Å²) in [6.07, 6.45) is 1.92. The van der Waals surface area contributed by atoms with Gasteiger partial charge in [-0.2, -0.15) is 0 Å². The van der Waals surface area contributed by atoms with Crippen LogP contribution in [-0.2, 0) is 11.4 Å². The zero-order valence-electron chi connectivity index (χ0n) is 23.0. The smallest absolute Gasteiger partial charge is 0.227 e. The van der Waals surface area contributed by atoms with E-state index in [0.717, 1.165) is 24.2 Å². The van der Waals surface area contributed by atoms with Crippen molar-refractivity contribution in [1.29, 1.82) is 0 Å². The minimum atomic E-state index is -0.227. The van der Waals surface area contributed by atoms with Gasteiger partial charge in [0, 0.05) is 28.8 Å². The number of rotatable bonds is 13. The summed E-state index contributed by atoms with van der Waals surface area (Å²) in [5.74, 6) is 1.95. The summed E-state index contributed by atoms with van der Waals surface area (Å²) in [6.45, 7) is 2.20. The van der Waals surface area contributed by atoms with Crippen molar-refractivity contribution < 1.29 is 28.9 Å². The maximum atomic E-state index is 13.1. The van der Waals surface area contributed by atoms with Gasteiger partial charge >= 0.3 is 0 Å². The van der Waals surface area contributed by atoms with Crippen LogP contribution in [-0.4, -0.2) is 30.5 Å². The Labute approximate surface area is 244 Å². The number of aromatic hydroxyl groups is 1. The molecule has 1 N–H and O–H groups in total. The topological polar surface area (TPSA) is 85.3 Å². The molecule has 0 saturated carbocycles. The second-order valence-corrected chi connectivity index (χ2v) is 9.81. The lowest BCUT2D eigenvalue weighted by Gasteiger charge is -2.23. The number of hydrogen-bond donors (Lipinski definition) is 1. The van der Waals surface area contributed by atoms with E-state index in [2.05, 4.69) is 0 Å². The molecule has 0 aliphatic carbocycles. The number of anilines is 1. The molecule has 4 aromatic rings. The Morgan fingerprint density at radius 1 is 0.854 bits per heavy atom. The van der Waals surface area contributed by atoms with E-state index in [9.17, 15) is 14.7 Å². The Morgan fingerprint density at radius 3 is 2.20 bits per heavy atom. The van der Waals surface area contributed by atoms with Crippen molar-refractivity contribution in [1.82, 2.24) is 0 Å². The van der Waals surface area contributed by atoms with Gasteiger partial charge in [-0.15, -0.1) is 0 Å². The number of methoxy groups -OCH3 is 1. The maximum Gasteiger partial charge on any atom is 0.227 e. The third kappa shape index (κ3) is 8.25. The number of ether oxygens (including phenoxy) is 3. The van der Waals surface area contributed by atoms with E-state index < -0.39 is 0 Å². The van der Waals surface area contributed by atoms with Gasteiger partial charge in [0.15, 0.2) is 17.3 Å². The van der Waals surface area contributed by atoms with Gasteiger partial charge in [-0.05, 0) is 84.8 Å². The molecule has 212 valence electrons. The number of nitrogens with zero attached hydrogens (tertiary/aromatic N) is 1. The van der Waals surface area contributed by atoms with Crippen LogP contribution in [0.2, 0.25) is 5.02 Å². The molecule has 0 aromatic heterocycles. The molecular weight excluding hydrogens is 542 g/mol. The second-order valence-electron chi connectivity index (χ2n) is 9.38. The first-order valence-corrected chi connectivity index (χ1v) is 13.7. The van der Waals surface area contributed by atoms with E-state index in [-0.39, 0.29) is 24.0 Å². The number of amides is 1. The molecule has 4 rings (SSSR count). The van der Waals surface area contributed by atoms with Gasteiger partial charge in [0.05, 0.1) is 13.7 Å². The standard InChI is InChI=1S/C33H32ClNO6/c1-3-4-5-33(38)35(21-30(37)24-8-13-27(36)14-9-24)26-11-17-29(18-12-26)41-31-19-10-25(34)20-32(31)40-22-23-6-15-28(39-2)16-7-23/h6-20,36H,3-5,21-22H2,1-2H3. The normalized spacial score (nSPS) is 10.6. The van der Waals surface area contributed by atoms with Gasteiger partial charge in [-0.1, -0.05) is 37.1 Å². The van der Waals surface area contributed by atoms with Crippen LogP contribution in [0.5, 0.6) is 28.7 Å². The summed E-state index contributed by atoms with van der Waals surface area (Å²) in [6, 6.07) is 25.7. The van der Waals surface area contributed by atoms with Gasteiger partial charge in [-0.3, -0.25) is 9.59 Å². The highest BCUT2D eigenvalue weighted by Crippen LogP contribution is 2.35. The first-order valence-electron chi connectivity index (χ1n) is 13.3. The Bertz CT molecular complexity index is 1450. The third-order valence-corrected chi connectivity index (χ3v) is 6.61. The van der Waals surface area contributed by atoms with Gasteiger partial charge in [0.25, 0.3) is 0 Å². The Kier molecular flexibility index (Phi) is 10.2. The van der Waals surface area contributed by atoms with E-state index in [0.29, 0.717) is 46.5 Å². The largest absolute Gasteiger partial charge is 0.508 e. The summed E-state index contributed by atoms with van der Waals surface area (Å²) in [4.78, 5) is 27.5. The highest BCUT2D eigenvalue weighted by Gasteiger charge is 2.20. The van der Waals surface area contributed by atoms with Crippen molar-refractivity contribution >= 4 is 29.0 Å². The number of carbonyl (C=O) groups is 2. The van der Waals surface area contributed by atoms with Crippen LogP contribution in [0.1, 0.15) is 42.1 Å². The number of unbranched alkanes of at least 4 members (excludes halogenated alkanes) is 1. The fourth-order valence-corrected chi connectivity index (χ4v) is 4.21. The van der Waals surface area contributed by atoms with Gasteiger partial charge in [0.1, 0.15) is 23.9 Å². The number of phenolic OH excluding ortho intramolecular Hbond substituents is 1. The van der Waals surface area contributed by atoms with E-state index in [1.54, 1.807) is 61.7 Å². The van der Waals surface area contributed by atoms with Crippen molar-refractivity contribution in [2.45, 2.75) is 32.8 Å². The molecular formula is C33H32ClNO6. The SMILES string of the molecule is CCCCC(=O)N(CC(=O)c1ccc(O)cc1)c1ccc(Oc2ccc(Cl)cc2OCc2ccc(OC)cc2)cc1. The number of Topliss-reactive ketones (excluding diaryl/α,β-unsaturated/α-hetero) is 1. The lowest BCUT2D eigenvalue weighted by Crippen LogP contribution is -2.35. The Morgan fingerprint density at radius 2 is 1.54 bits per heavy atom. The van der Waals surface area contributed by atoms with Crippen LogP contribution < -0.4 is 19.1 Å². The molecule has 41 heavy (non-hydrogen) atoms. The van der Waals surface area contributed by atoms with Crippen LogP contribution in [0.25, 0.3) is 0 Å². The molecule has 0 fully saturated rings. The highest BCUT2D eigenvalue weighted by atomic mass is 35.5. The monoisotopic (exact) mass is 573 g/mol. The molecule has 8 heteroatoms. The lowest BCUT2D eigenvalue weighted by atomic mass is 10.1. The minimum Gasteiger partial charge on any atom is -0.508 e. The molecule has 4 aromatic carbocycles. The fourth-order valence-electron chi connectivity index (χ4n) is 4.05. The predicted octanol–water partition coefficient (Wildman–Crippen LogP) is 7.83. The summed E-state index contributed by atoms with van der Waals surface area (Å²) < 4.78 is 17.3. The van der Waals surface area contributed by atoms with Crippen molar-refractivity contribution in [3.05, 3.63) is 107 Å². The molecule has 1 amide bonds. The molecule has 0 heterocycles. The summed E-state index contributed by atoms with van der Waals surface area (Å²) in [5, 5.41) is 10.1. The fraction of sp³-hybridized carbons (Fsp3) is 0.212. The van der Waals surface area contributed by atoms with Crippen molar-refractivity contribution in [2.24, 2.45) is 0 Å². The summed E-state index contributed by atoms with van der Waals surface area (Å²) in [7, 11) is 1.62. The summed E-state index contributed by atoms with van der Waals surface area (Å²) >= 11 is 6.23. The number of ketones is 1. The minimum absolute atomic E-state index is 0.0722. The quantitative estimate of drug-likeness (QED) is 0.164. The molecule has 0 unspecified atom stereocenters. The average molecular weight is 574 g/mol. The number of halogens is 1. The number of hydrogen-bond acceptors (Lipinski definition) is 6. The predicted molar refractivity (Wildman–Crippen MR) is 160 cm³/mol. The van der Waals surface area contributed by atoms with Crippen LogP contribution in [0, 0.1) is 0 Å². The molecule has 0 aliphatic heterocycles. The summed E-state index contributed by atoms with van der Waals surface area (Å²) in [5.41, 5.74) is 1.95.